The van der Waals surface area contributed by atoms with E-state index in [1.54, 1.807) is 121 Å². The average Bonchev–Trinajstić information content (AvgIpc) is 1.59. The van der Waals surface area contributed by atoms with E-state index >= 15 is 0 Å². The quantitative estimate of drug-likeness (QED) is 0.0456. The van der Waals surface area contributed by atoms with E-state index in [-0.39, 0.29) is 56.5 Å². The number of nitrogens with one attached hydrogen (secondary N) is 5. The third-order valence-corrected chi connectivity index (χ3v) is 28.7. The van der Waals surface area contributed by atoms with Gasteiger partial charge in [-0.15, -0.1) is 0 Å². The van der Waals surface area contributed by atoms with Crippen molar-refractivity contribution < 1.29 is 30.3 Å². The summed E-state index contributed by atoms with van der Waals surface area (Å²) in [6.07, 6.45) is 13.9. The van der Waals surface area contributed by atoms with Gasteiger partial charge in [0.2, 0.25) is 0 Å². The molecule has 27 nitrogen and oxygen atoms in total. The van der Waals surface area contributed by atoms with Crippen LogP contribution in [-0.4, -0.2) is 130 Å². The van der Waals surface area contributed by atoms with Gasteiger partial charge in [0.25, 0.3) is 27.8 Å². The van der Waals surface area contributed by atoms with Gasteiger partial charge < -0.3 is 30.3 Å². The summed E-state index contributed by atoms with van der Waals surface area (Å²) in [5.74, 6) is 1.35. The van der Waals surface area contributed by atoms with Crippen molar-refractivity contribution >= 4 is 121 Å². The van der Waals surface area contributed by atoms with Gasteiger partial charge in [-0.25, -0.2) is 47.5 Å². The largest absolute Gasteiger partial charge is 0.507 e. The molecule has 0 atom stereocenters. The normalized spacial score (nSPS) is 13.6. The van der Waals surface area contributed by atoms with Crippen molar-refractivity contribution in [2.24, 2.45) is 0 Å². The predicted octanol–water partition coefficient (Wildman–Crippen LogP) is 24.5. The van der Waals surface area contributed by atoms with Gasteiger partial charge in [-0.1, -0.05) is 202 Å². The molecule has 3 saturated carbocycles. The number of phenolic OH excluding ortho intramolecular Hbond substituents is 5. The summed E-state index contributed by atoms with van der Waals surface area (Å²) in [5.41, 5.74) is 22.3. The summed E-state index contributed by atoms with van der Waals surface area (Å²) < 4.78 is 12.7. The number of aromatic amines is 5. The van der Waals surface area contributed by atoms with Crippen molar-refractivity contribution in [3.63, 3.8) is 0 Å². The fourth-order valence-corrected chi connectivity index (χ4v) is 19.3. The number of hydrogen-bond acceptors (Lipinski definition) is 17. The Labute approximate surface area is 860 Å². The van der Waals surface area contributed by atoms with E-state index < -0.39 is 0 Å². The fraction of sp³-hybridized carbons (Fsp3) is 0.174. The molecule has 11 heterocycles. The lowest BCUT2D eigenvalue weighted by Gasteiger charge is -2.26. The van der Waals surface area contributed by atoms with Gasteiger partial charge in [0.1, 0.15) is 28.7 Å². The highest BCUT2D eigenvalue weighted by Gasteiger charge is 2.36. The van der Waals surface area contributed by atoms with E-state index in [0.717, 1.165) is 158 Å². The number of phenols is 5. The SMILES string of the molecule is Cc1ccc(-c2cnc3c(-c4ccc(Cl)c(Cl)c4)c(C4CC4)[nH]n3c2=O)c(O)c1.Cc1ccc(-c2cnc3c(-c4ccc(Cl)c(Cl)c4)c(C4CC4)[nH]n3c2=O)c(O)c1.Cc1ccc(-c2cnc3c(-c4ccc(Cl)cc4)c(C)[nH]n3c2=O)c(O)c1.Cc1ccc(-c2cnc3c(-c4ccc(Cl)cc4)c(CN4CCOCC4)[nH]n3c2=O)c(O)c1.O=c1c(-c2ccccc2O)cnc2c(-c3ccc(Cl)c(Cl)c3)c(C3CC3)[nH]n12. The molecule has 4 fully saturated rings. The van der Waals surface area contributed by atoms with Crippen molar-refractivity contribution in [2.75, 3.05) is 26.3 Å². The molecule has 144 heavy (non-hydrogen) atoms. The van der Waals surface area contributed by atoms with E-state index in [9.17, 15) is 49.5 Å². The zero-order chi connectivity index (χ0) is 101. The summed E-state index contributed by atoms with van der Waals surface area (Å²) in [6.45, 7) is 13.1. The number of hydrogen-bond donors (Lipinski definition) is 10. The summed E-state index contributed by atoms with van der Waals surface area (Å²) in [5, 5.41) is 71.6. The second-order valence-corrected chi connectivity index (χ2v) is 39.5. The fourth-order valence-electron chi connectivity index (χ4n) is 18.2. The molecule has 24 rings (SSSR count). The number of rotatable bonds is 15. The molecule has 4 aliphatic rings. The molecule has 20 aromatic rings. The molecule has 35 heteroatoms. The third-order valence-electron chi connectivity index (χ3n) is 25.9. The lowest BCUT2D eigenvalue weighted by Crippen LogP contribution is -2.35. The smallest absolute Gasteiger partial charge is 0.280 e. The van der Waals surface area contributed by atoms with Crippen LogP contribution in [0.4, 0.5) is 0 Å². The Hall–Kier alpha value is -14.5. The Morgan fingerprint density at radius 1 is 0.299 bits per heavy atom. The molecular formula is C109H88Cl8N16O11. The minimum atomic E-state index is -0.266. The highest BCUT2D eigenvalue weighted by molar-refractivity contribution is 6.43. The number of nitrogens with zero attached hydrogens (tertiary/aromatic N) is 11. The van der Waals surface area contributed by atoms with Crippen LogP contribution in [0.2, 0.25) is 40.2 Å². The van der Waals surface area contributed by atoms with Crippen LogP contribution in [0.3, 0.4) is 0 Å². The number of halogens is 8. The topological polar surface area (TPSA) is 364 Å². The Balaban J connectivity index is 0.000000110. The van der Waals surface area contributed by atoms with Gasteiger partial charge in [-0.05, 0) is 214 Å². The zero-order valence-corrected chi connectivity index (χ0v) is 83.6. The van der Waals surface area contributed by atoms with E-state index in [1.165, 1.54) is 53.6 Å². The number of benzene rings is 10. The summed E-state index contributed by atoms with van der Waals surface area (Å²) >= 11 is 49.0. The molecule has 0 unspecified atom stereocenters. The standard InChI is InChI=1S/C24H23ClN4O3.2C22H17Cl2N3O2.C21H15Cl2N3O2.C20H16ClN3O2/c1-15-2-7-18(21(30)12-15)19-13-26-23-22(16-3-5-17(25)6-4-16)20(27-29(23)24(19)31)14-28-8-10-32-11-9-28;2*1-11-2-6-14(18(28)8-11)15-10-25-21-19(13-5-7-16(23)17(24)9-13)20(12-3-4-12)26-27(21)22(15)29;22-15-8-7-12(9-16(15)23)18-19(11-5-6-11)25-26-20(18)24-10-14(21(26)28)13-3-1-2-4-17(13)27;1-11-3-8-15(17(25)9-11)16-10-22-19-18(12(2)23-24(19)20(16)26)13-4-6-14(21)7-5-13/h2-7,12-13,27,30H,8-11,14H2,1H3;2*2,5-10,12,26,28H,3-4H2,1H3;1-4,7-11,25,27H,5-6H2;3-10,23,25H,1-2H3. The van der Waals surface area contributed by atoms with Gasteiger partial charge >= 0.3 is 0 Å². The van der Waals surface area contributed by atoms with Crippen molar-refractivity contribution in [1.29, 1.82) is 0 Å². The number of para-hydroxylation sites is 1. The van der Waals surface area contributed by atoms with Crippen LogP contribution in [0, 0.1) is 34.6 Å². The lowest BCUT2D eigenvalue weighted by molar-refractivity contribution is 0.0337. The molecule has 3 aliphatic carbocycles. The maximum atomic E-state index is 13.4. The Bertz CT molecular complexity index is 8640. The number of aromatic hydroxyl groups is 5. The van der Waals surface area contributed by atoms with E-state index in [1.807, 2.05) is 113 Å². The van der Waals surface area contributed by atoms with E-state index in [2.05, 4.69) is 55.3 Å². The van der Waals surface area contributed by atoms with Gasteiger partial charge in [-0.2, -0.15) is 0 Å². The Morgan fingerprint density at radius 3 is 0.896 bits per heavy atom. The number of fused-ring (bicyclic) bond motifs is 5. The molecule has 1 saturated heterocycles. The molecule has 1 aliphatic heterocycles. The van der Waals surface area contributed by atoms with Crippen LogP contribution in [-0.2, 0) is 11.3 Å². The molecule has 10 N–H and O–H groups in total. The highest BCUT2D eigenvalue weighted by atomic mass is 35.5. The van der Waals surface area contributed by atoms with Gasteiger partial charge in [-0.3, -0.25) is 54.4 Å². The first-order valence-electron chi connectivity index (χ1n) is 46.2. The van der Waals surface area contributed by atoms with Gasteiger partial charge in [0.05, 0.1) is 76.9 Å². The molecule has 0 amide bonds. The predicted molar refractivity (Wildman–Crippen MR) is 568 cm³/mol. The van der Waals surface area contributed by atoms with Gasteiger partial charge in [0.15, 0.2) is 28.2 Å². The number of ether oxygens (including phenoxy) is 1. The lowest BCUT2D eigenvalue weighted by atomic mass is 10.0. The molecule has 0 radical (unpaired) electrons. The molecule has 0 bridgehead atoms. The van der Waals surface area contributed by atoms with Crippen molar-refractivity contribution in [3.05, 3.63) is 374 Å². The average molecular weight is 2080 g/mol. The van der Waals surface area contributed by atoms with Crippen LogP contribution in [0.5, 0.6) is 28.7 Å². The Morgan fingerprint density at radius 2 is 0.583 bits per heavy atom. The maximum absolute atomic E-state index is 13.4. The number of aromatic nitrogens is 15. The Kier molecular flexibility index (Phi) is 27.0. The second-order valence-electron chi connectivity index (χ2n) is 36.2. The van der Waals surface area contributed by atoms with Crippen LogP contribution in [0.1, 0.15) is 107 Å². The van der Waals surface area contributed by atoms with E-state index in [4.69, 9.17) is 97.5 Å². The zero-order valence-electron chi connectivity index (χ0n) is 77.6. The van der Waals surface area contributed by atoms with E-state index in [0.29, 0.717) is 162 Å². The number of H-pyrrole nitrogens is 5. The summed E-state index contributed by atoms with van der Waals surface area (Å²) in [4.78, 5) is 91.3. The van der Waals surface area contributed by atoms with Crippen molar-refractivity contribution in [2.45, 2.75) is 97.4 Å². The summed E-state index contributed by atoms with van der Waals surface area (Å²) in [6, 6.07) is 58.8. The first-order valence-corrected chi connectivity index (χ1v) is 49.2. The van der Waals surface area contributed by atoms with Crippen molar-refractivity contribution in [1.82, 2.24) is 77.9 Å². The molecule has 726 valence electrons. The third kappa shape index (κ3) is 19.3. The van der Waals surface area contributed by atoms with Crippen LogP contribution in [0.15, 0.2) is 255 Å². The number of aryl methyl sites for hydroxylation is 5. The van der Waals surface area contributed by atoms with Crippen LogP contribution < -0.4 is 27.8 Å². The first-order chi connectivity index (χ1) is 69.4. The first kappa shape index (κ1) is 97.0. The van der Waals surface area contributed by atoms with Crippen LogP contribution in [0.25, 0.3) is 140 Å². The van der Waals surface area contributed by atoms with Gasteiger partial charge in [0, 0.05) is 157 Å². The second kappa shape index (κ2) is 40.0. The monoisotopic (exact) mass is 2080 g/mol. The molecule has 10 aromatic heterocycles. The highest BCUT2D eigenvalue weighted by Crippen LogP contribution is 2.50. The molecular weight excluding hydrogens is 1990 g/mol. The summed E-state index contributed by atoms with van der Waals surface area (Å²) in [7, 11) is 0. The minimum absolute atomic E-state index is 0.0417. The molecule has 0 spiro atoms. The van der Waals surface area contributed by atoms with Crippen LogP contribution >= 0.6 is 92.8 Å². The van der Waals surface area contributed by atoms with Crippen molar-refractivity contribution in [3.8, 4) is 140 Å². The minimum Gasteiger partial charge on any atom is -0.507 e. The number of morpholine rings is 1. The molecule has 10 aromatic carbocycles. The maximum Gasteiger partial charge on any atom is 0.280 e.